The van der Waals surface area contributed by atoms with Crippen LogP contribution in [0.4, 0.5) is 0 Å². The van der Waals surface area contributed by atoms with Crippen molar-refractivity contribution in [1.82, 2.24) is 9.97 Å². The van der Waals surface area contributed by atoms with E-state index in [2.05, 4.69) is 9.97 Å². The van der Waals surface area contributed by atoms with Crippen LogP contribution in [-0.4, -0.2) is 21.0 Å². The topological polar surface area (TPSA) is 72.3 Å². The molecule has 5 nitrogen and oxygen atoms in total. The summed E-state index contributed by atoms with van der Waals surface area (Å²) in [6, 6.07) is 12.3. The van der Waals surface area contributed by atoms with Gasteiger partial charge in [-0.25, -0.2) is 14.8 Å². The van der Waals surface area contributed by atoms with E-state index in [1.54, 1.807) is 19.1 Å². The molecule has 5 heteroatoms. The summed E-state index contributed by atoms with van der Waals surface area (Å²) in [5.74, 6) is 0.0627. The highest BCUT2D eigenvalue weighted by molar-refractivity contribution is 5.88. The Morgan fingerprint density at radius 2 is 1.95 bits per heavy atom. The van der Waals surface area contributed by atoms with Gasteiger partial charge in [0.15, 0.2) is 0 Å². The van der Waals surface area contributed by atoms with E-state index in [1.807, 2.05) is 24.3 Å². The second-order valence-electron chi connectivity index (χ2n) is 4.58. The molecular weight excluding hydrogens is 268 g/mol. The average molecular weight is 280 g/mol. The number of aromatic carboxylic acids is 1. The number of ether oxygens (including phenoxy) is 1. The van der Waals surface area contributed by atoms with Gasteiger partial charge in [0.05, 0.1) is 16.5 Å². The van der Waals surface area contributed by atoms with Crippen molar-refractivity contribution in [3.05, 3.63) is 59.9 Å². The maximum absolute atomic E-state index is 10.9. The maximum atomic E-state index is 10.9. The lowest BCUT2D eigenvalue weighted by atomic mass is 10.1. The number of rotatable bonds is 3. The first-order valence-corrected chi connectivity index (χ1v) is 6.36. The molecular formula is C16H12N2O3. The Morgan fingerprint density at radius 3 is 2.71 bits per heavy atom. The molecule has 0 saturated heterocycles. The molecule has 0 aliphatic heterocycles. The standard InChI is InChI=1S/C16H12N2O3/c1-10-8-11(16(19)20)6-7-14(10)21-15-12-4-2-3-5-13(12)17-9-18-15/h2-9H,1H3,(H,19,20). The fourth-order valence-corrected chi connectivity index (χ4v) is 2.06. The lowest BCUT2D eigenvalue weighted by Gasteiger charge is -2.10. The van der Waals surface area contributed by atoms with Gasteiger partial charge in [-0.05, 0) is 42.8 Å². The van der Waals surface area contributed by atoms with Gasteiger partial charge >= 0.3 is 5.97 Å². The highest BCUT2D eigenvalue weighted by Gasteiger charge is 2.10. The van der Waals surface area contributed by atoms with Gasteiger partial charge in [0.1, 0.15) is 12.1 Å². The number of fused-ring (bicyclic) bond motifs is 1. The largest absolute Gasteiger partial charge is 0.478 e. The van der Waals surface area contributed by atoms with Crippen molar-refractivity contribution in [2.45, 2.75) is 6.92 Å². The van der Waals surface area contributed by atoms with E-state index in [0.717, 1.165) is 16.5 Å². The zero-order valence-electron chi connectivity index (χ0n) is 11.3. The first kappa shape index (κ1) is 13.1. The fraction of sp³-hybridized carbons (Fsp3) is 0.0625. The first-order valence-electron chi connectivity index (χ1n) is 6.36. The number of carbonyl (C=O) groups is 1. The lowest BCUT2D eigenvalue weighted by molar-refractivity contribution is 0.0697. The average Bonchev–Trinajstić information content (AvgIpc) is 2.49. The van der Waals surface area contributed by atoms with Gasteiger partial charge in [0, 0.05) is 0 Å². The third-order valence-corrected chi connectivity index (χ3v) is 3.13. The molecule has 1 heterocycles. The summed E-state index contributed by atoms with van der Waals surface area (Å²) in [5.41, 5.74) is 1.76. The molecule has 0 fully saturated rings. The summed E-state index contributed by atoms with van der Waals surface area (Å²) in [6.07, 6.45) is 1.44. The van der Waals surface area contributed by atoms with Crippen LogP contribution in [0.25, 0.3) is 10.9 Å². The van der Waals surface area contributed by atoms with Crippen molar-refractivity contribution < 1.29 is 14.6 Å². The molecule has 104 valence electrons. The quantitative estimate of drug-likeness (QED) is 0.795. The molecule has 0 saturated carbocycles. The third kappa shape index (κ3) is 2.53. The van der Waals surface area contributed by atoms with E-state index < -0.39 is 5.97 Å². The van der Waals surface area contributed by atoms with E-state index in [9.17, 15) is 4.79 Å². The number of nitrogens with zero attached hydrogens (tertiary/aromatic N) is 2. The number of hydrogen-bond acceptors (Lipinski definition) is 4. The van der Waals surface area contributed by atoms with Crippen molar-refractivity contribution in [2.24, 2.45) is 0 Å². The summed E-state index contributed by atoms with van der Waals surface area (Å²) in [7, 11) is 0. The van der Waals surface area contributed by atoms with Crippen LogP contribution >= 0.6 is 0 Å². The minimum atomic E-state index is -0.961. The van der Waals surface area contributed by atoms with Crippen molar-refractivity contribution >= 4 is 16.9 Å². The summed E-state index contributed by atoms with van der Waals surface area (Å²) < 4.78 is 5.81. The Hall–Kier alpha value is -2.95. The second kappa shape index (κ2) is 5.20. The minimum Gasteiger partial charge on any atom is -0.478 e. The molecule has 0 atom stereocenters. The Balaban J connectivity index is 2.01. The Morgan fingerprint density at radius 1 is 1.14 bits per heavy atom. The summed E-state index contributed by atoms with van der Waals surface area (Å²) >= 11 is 0. The van der Waals surface area contributed by atoms with E-state index in [0.29, 0.717) is 11.6 Å². The van der Waals surface area contributed by atoms with Crippen LogP contribution in [0, 0.1) is 6.92 Å². The summed E-state index contributed by atoms with van der Waals surface area (Å²) in [4.78, 5) is 19.3. The molecule has 0 spiro atoms. The number of para-hydroxylation sites is 1. The zero-order valence-corrected chi connectivity index (χ0v) is 11.3. The predicted octanol–water partition coefficient (Wildman–Crippen LogP) is 3.43. The number of carboxylic acids is 1. The van der Waals surface area contributed by atoms with E-state index >= 15 is 0 Å². The number of aryl methyl sites for hydroxylation is 1. The van der Waals surface area contributed by atoms with Crippen LogP contribution in [0.1, 0.15) is 15.9 Å². The Labute approximate surface area is 120 Å². The normalized spacial score (nSPS) is 10.5. The van der Waals surface area contributed by atoms with Gasteiger partial charge < -0.3 is 9.84 Å². The van der Waals surface area contributed by atoms with Crippen LogP contribution in [0.2, 0.25) is 0 Å². The molecule has 1 aromatic heterocycles. The third-order valence-electron chi connectivity index (χ3n) is 3.13. The molecule has 0 bridgehead atoms. The monoisotopic (exact) mass is 280 g/mol. The number of benzene rings is 2. The molecule has 2 aromatic carbocycles. The molecule has 0 radical (unpaired) electrons. The van der Waals surface area contributed by atoms with Gasteiger partial charge in [-0.3, -0.25) is 0 Å². The number of aromatic nitrogens is 2. The molecule has 0 aliphatic carbocycles. The lowest BCUT2D eigenvalue weighted by Crippen LogP contribution is -1.98. The minimum absolute atomic E-state index is 0.229. The smallest absolute Gasteiger partial charge is 0.335 e. The molecule has 3 rings (SSSR count). The molecule has 3 aromatic rings. The molecule has 21 heavy (non-hydrogen) atoms. The van der Waals surface area contributed by atoms with Crippen molar-refractivity contribution in [2.75, 3.05) is 0 Å². The van der Waals surface area contributed by atoms with E-state index in [1.165, 1.54) is 12.4 Å². The summed E-state index contributed by atoms with van der Waals surface area (Å²) in [5, 5.41) is 9.78. The highest BCUT2D eigenvalue weighted by Crippen LogP contribution is 2.28. The van der Waals surface area contributed by atoms with Crippen molar-refractivity contribution in [1.29, 1.82) is 0 Å². The molecule has 0 unspecified atom stereocenters. The predicted molar refractivity (Wildman–Crippen MR) is 77.8 cm³/mol. The fourth-order valence-electron chi connectivity index (χ4n) is 2.06. The zero-order chi connectivity index (χ0) is 14.8. The second-order valence-corrected chi connectivity index (χ2v) is 4.58. The van der Waals surface area contributed by atoms with E-state index in [-0.39, 0.29) is 5.56 Å². The van der Waals surface area contributed by atoms with Crippen LogP contribution in [-0.2, 0) is 0 Å². The number of hydrogen-bond donors (Lipinski definition) is 1. The van der Waals surface area contributed by atoms with Gasteiger partial charge in [0.25, 0.3) is 0 Å². The van der Waals surface area contributed by atoms with E-state index in [4.69, 9.17) is 9.84 Å². The number of carboxylic acid groups (broad SMARTS) is 1. The van der Waals surface area contributed by atoms with Gasteiger partial charge in [0.2, 0.25) is 5.88 Å². The first-order chi connectivity index (χ1) is 10.1. The van der Waals surface area contributed by atoms with Gasteiger partial charge in [-0.15, -0.1) is 0 Å². The van der Waals surface area contributed by atoms with Crippen LogP contribution in [0.15, 0.2) is 48.8 Å². The summed E-state index contributed by atoms with van der Waals surface area (Å²) in [6.45, 7) is 1.80. The van der Waals surface area contributed by atoms with Crippen molar-refractivity contribution in [3.8, 4) is 11.6 Å². The molecule has 1 N–H and O–H groups in total. The SMILES string of the molecule is Cc1cc(C(=O)O)ccc1Oc1ncnc2ccccc12. The van der Waals surface area contributed by atoms with Gasteiger partial charge in [-0.2, -0.15) is 0 Å². The highest BCUT2D eigenvalue weighted by atomic mass is 16.5. The van der Waals surface area contributed by atoms with Crippen LogP contribution in [0.3, 0.4) is 0 Å². The van der Waals surface area contributed by atoms with Crippen LogP contribution < -0.4 is 4.74 Å². The van der Waals surface area contributed by atoms with Crippen molar-refractivity contribution in [3.63, 3.8) is 0 Å². The van der Waals surface area contributed by atoms with Gasteiger partial charge in [-0.1, -0.05) is 12.1 Å². The molecule has 0 amide bonds. The Kier molecular flexibility index (Phi) is 3.23. The maximum Gasteiger partial charge on any atom is 0.335 e. The van der Waals surface area contributed by atoms with Crippen LogP contribution in [0.5, 0.6) is 11.6 Å². The molecule has 0 aliphatic rings. The Bertz CT molecular complexity index is 825.